The number of hydrogen-bond acceptors (Lipinski definition) is 4. The standard InChI is InChI=1S/C22H28N2O2/c25-17-22(26)11-13-23(14-12-22)20-15-24(16-20)21(18-7-3-1-4-8-18)19-9-5-2-6-10-19/h1-10,20-21,25-26H,11-17H2. The summed E-state index contributed by atoms with van der Waals surface area (Å²) in [6, 6.07) is 22.3. The monoisotopic (exact) mass is 352 g/mol. The number of nitrogens with zero attached hydrogens (tertiary/aromatic N) is 2. The molecule has 0 spiro atoms. The summed E-state index contributed by atoms with van der Waals surface area (Å²) in [6.45, 7) is 3.72. The molecular weight excluding hydrogens is 324 g/mol. The molecule has 4 rings (SSSR count). The van der Waals surface area contributed by atoms with E-state index in [0.717, 1.165) is 26.2 Å². The lowest BCUT2D eigenvalue weighted by Crippen LogP contribution is -2.62. The third-order valence-electron chi connectivity index (χ3n) is 6.03. The second kappa shape index (κ2) is 7.49. The minimum absolute atomic E-state index is 0.123. The number of aliphatic hydroxyl groups is 2. The van der Waals surface area contributed by atoms with Crippen LogP contribution in [-0.2, 0) is 0 Å². The Labute approximate surface area is 155 Å². The van der Waals surface area contributed by atoms with Crippen LogP contribution in [0.1, 0.15) is 30.0 Å². The van der Waals surface area contributed by atoms with Crippen LogP contribution in [0.5, 0.6) is 0 Å². The highest BCUT2D eigenvalue weighted by molar-refractivity contribution is 5.32. The summed E-state index contributed by atoms with van der Waals surface area (Å²) in [6.07, 6.45) is 1.33. The minimum Gasteiger partial charge on any atom is -0.393 e. The zero-order chi connectivity index (χ0) is 18.0. The summed E-state index contributed by atoms with van der Waals surface area (Å²) >= 11 is 0. The van der Waals surface area contributed by atoms with Gasteiger partial charge in [0, 0.05) is 32.2 Å². The van der Waals surface area contributed by atoms with Gasteiger partial charge < -0.3 is 10.2 Å². The quantitative estimate of drug-likeness (QED) is 0.867. The molecule has 2 aromatic carbocycles. The molecule has 0 bridgehead atoms. The maximum Gasteiger partial charge on any atom is 0.0901 e. The highest BCUT2D eigenvalue weighted by Crippen LogP contribution is 2.34. The second-order valence-electron chi connectivity index (χ2n) is 7.75. The normalized spacial score (nSPS) is 21.7. The van der Waals surface area contributed by atoms with Crippen LogP contribution in [0, 0.1) is 0 Å². The van der Waals surface area contributed by atoms with E-state index in [9.17, 15) is 10.2 Å². The number of hydrogen-bond donors (Lipinski definition) is 2. The van der Waals surface area contributed by atoms with Gasteiger partial charge in [-0.25, -0.2) is 0 Å². The molecule has 2 aromatic rings. The molecule has 2 heterocycles. The minimum atomic E-state index is -0.865. The Morgan fingerprint density at radius 3 is 1.85 bits per heavy atom. The fourth-order valence-electron chi connectivity index (χ4n) is 4.28. The fraction of sp³-hybridized carbons (Fsp3) is 0.455. The van der Waals surface area contributed by atoms with Crippen LogP contribution in [0.15, 0.2) is 60.7 Å². The first-order chi connectivity index (χ1) is 12.7. The van der Waals surface area contributed by atoms with Crippen molar-refractivity contribution in [3.63, 3.8) is 0 Å². The molecule has 0 unspecified atom stereocenters. The maximum atomic E-state index is 10.2. The predicted molar refractivity (Wildman–Crippen MR) is 103 cm³/mol. The van der Waals surface area contributed by atoms with E-state index in [4.69, 9.17) is 0 Å². The molecule has 2 N–H and O–H groups in total. The number of likely N-dealkylation sites (tertiary alicyclic amines) is 2. The first kappa shape index (κ1) is 17.7. The molecule has 0 aromatic heterocycles. The number of aliphatic hydroxyl groups excluding tert-OH is 1. The van der Waals surface area contributed by atoms with Gasteiger partial charge in [0.1, 0.15) is 0 Å². The van der Waals surface area contributed by atoms with Crippen molar-refractivity contribution < 1.29 is 10.2 Å². The second-order valence-corrected chi connectivity index (χ2v) is 7.75. The van der Waals surface area contributed by atoms with Crippen LogP contribution in [0.25, 0.3) is 0 Å². The van der Waals surface area contributed by atoms with Gasteiger partial charge in [-0.1, -0.05) is 60.7 Å². The molecule has 0 radical (unpaired) electrons. The van der Waals surface area contributed by atoms with Gasteiger partial charge in [0.2, 0.25) is 0 Å². The lowest BCUT2D eigenvalue weighted by molar-refractivity contribution is -0.0833. The van der Waals surface area contributed by atoms with Crippen molar-refractivity contribution in [2.45, 2.75) is 30.5 Å². The van der Waals surface area contributed by atoms with Crippen molar-refractivity contribution in [1.29, 1.82) is 0 Å². The lowest BCUT2D eigenvalue weighted by Gasteiger charge is -2.51. The molecule has 0 atom stereocenters. The SMILES string of the molecule is OCC1(O)CCN(C2CN(C(c3ccccc3)c3ccccc3)C2)CC1. The summed E-state index contributed by atoms with van der Waals surface area (Å²) in [5.74, 6) is 0. The van der Waals surface area contributed by atoms with E-state index in [2.05, 4.69) is 70.5 Å². The first-order valence-electron chi connectivity index (χ1n) is 9.60. The maximum absolute atomic E-state index is 10.2. The molecule has 138 valence electrons. The highest BCUT2D eigenvalue weighted by atomic mass is 16.3. The molecule has 26 heavy (non-hydrogen) atoms. The molecule has 4 heteroatoms. The van der Waals surface area contributed by atoms with E-state index < -0.39 is 5.60 Å². The lowest BCUT2D eigenvalue weighted by atomic mass is 9.89. The predicted octanol–water partition coefficient (Wildman–Crippen LogP) is 2.28. The molecule has 2 fully saturated rings. The van der Waals surface area contributed by atoms with Gasteiger partial charge in [0.15, 0.2) is 0 Å². The van der Waals surface area contributed by atoms with Gasteiger partial charge in [-0.3, -0.25) is 9.80 Å². The van der Waals surface area contributed by atoms with Gasteiger partial charge in [0.25, 0.3) is 0 Å². The van der Waals surface area contributed by atoms with Crippen molar-refractivity contribution in [3.8, 4) is 0 Å². The Morgan fingerprint density at radius 2 is 1.38 bits per heavy atom. The summed E-state index contributed by atoms with van der Waals surface area (Å²) in [5, 5.41) is 19.6. The van der Waals surface area contributed by atoms with E-state index in [-0.39, 0.29) is 6.61 Å². The third-order valence-corrected chi connectivity index (χ3v) is 6.03. The molecule has 4 nitrogen and oxygen atoms in total. The van der Waals surface area contributed by atoms with E-state index in [1.54, 1.807) is 0 Å². The Kier molecular flexibility index (Phi) is 5.09. The van der Waals surface area contributed by atoms with Gasteiger partial charge in [-0.15, -0.1) is 0 Å². The number of benzene rings is 2. The molecule has 0 aliphatic carbocycles. The van der Waals surface area contributed by atoms with Crippen LogP contribution < -0.4 is 0 Å². The Hall–Kier alpha value is -1.72. The average molecular weight is 352 g/mol. The van der Waals surface area contributed by atoms with Crippen molar-refractivity contribution in [2.75, 3.05) is 32.8 Å². The Morgan fingerprint density at radius 1 is 0.885 bits per heavy atom. The average Bonchev–Trinajstić information content (AvgIpc) is 2.67. The van der Waals surface area contributed by atoms with Crippen LogP contribution in [0.2, 0.25) is 0 Å². The smallest absolute Gasteiger partial charge is 0.0901 e. The molecule has 2 aliphatic rings. The molecule has 0 saturated carbocycles. The molecule has 2 saturated heterocycles. The van der Waals surface area contributed by atoms with Gasteiger partial charge in [-0.2, -0.15) is 0 Å². The van der Waals surface area contributed by atoms with E-state index in [1.165, 1.54) is 11.1 Å². The summed E-state index contributed by atoms with van der Waals surface area (Å²) < 4.78 is 0. The summed E-state index contributed by atoms with van der Waals surface area (Å²) in [7, 11) is 0. The zero-order valence-corrected chi connectivity index (χ0v) is 15.2. The van der Waals surface area contributed by atoms with Crippen LogP contribution in [0.3, 0.4) is 0 Å². The van der Waals surface area contributed by atoms with Crippen molar-refractivity contribution in [2.24, 2.45) is 0 Å². The summed E-state index contributed by atoms with van der Waals surface area (Å²) in [4.78, 5) is 5.02. The molecular formula is C22H28N2O2. The topological polar surface area (TPSA) is 46.9 Å². The molecule has 0 amide bonds. The van der Waals surface area contributed by atoms with Crippen molar-refractivity contribution in [1.82, 2.24) is 9.80 Å². The Bertz CT molecular complexity index is 653. The summed E-state index contributed by atoms with van der Waals surface area (Å²) in [5.41, 5.74) is 1.81. The zero-order valence-electron chi connectivity index (χ0n) is 15.2. The number of rotatable bonds is 5. The largest absolute Gasteiger partial charge is 0.393 e. The van der Waals surface area contributed by atoms with Gasteiger partial charge >= 0.3 is 0 Å². The first-order valence-corrected chi connectivity index (χ1v) is 9.60. The van der Waals surface area contributed by atoms with E-state index in [1.807, 2.05) is 0 Å². The van der Waals surface area contributed by atoms with Gasteiger partial charge in [-0.05, 0) is 24.0 Å². The van der Waals surface area contributed by atoms with Crippen LogP contribution in [-0.4, -0.2) is 64.4 Å². The van der Waals surface area contributed by atoms with E-state index >= 15 is 0 Å². The van der Waals surface area contributed by atoms with Crippen molar-refractivity contribution >= 4 is 0 Å². The van der Waals surface area contributed by atoms with Crippen molar-refractivity contribution in [3.05, 3.63) is 71.8 Å². The Balaban J connectivity index is 1.44. The molecule has 2 aliphatic heterocycles. The number of piperidine rings is 1. The highest BCUT2D eigenvalue weighted by Gasteiger charge is 2.40. The fourth-order valence-corrected chi connectivity index (χ4v) is 4.28. The van der Waals surface area contributed by atoms with E-state index in [0.29, 0.717) is 24.9 Å². The third kappa shape index (κ3) is 3.55. The van der Waals surface area contributed by atoms with Crippen LogP contribution in [0.4, 0.5) is 0 Å². The van der Waals surface area contributed by atoms with Gasteiger partial charge in [0.05, 0.1) is 18.2 Å². The van der Waals surface area contributed by atoms with Crippen LogP contribution >= 0.6 is 0 Å².